The first-order chi connectivity index (χ1) is 9.08. The summed E-state index contributed by atoms with van der Waals surface area (Å²) in [6.07, 6.45) is 2.38. The number of carbonyl (C=O) groups excluding carboxylic acids is 2. The fraction of sp³-hybridized carbons (Fsp3) is 0.154. The Labute approximate surface area is 108 Å². The summed E-state index contributed by atoms with van der Waals surface area (Å²) in [4.78, 5) is 34.8. The maximum atomic E-state index is 11.7. The highest BCUT2D eigenvalue weighted by molar-refractivity contribution is 6.17. The second kappa shape index (κ2) is 5.45. The van der Waals surface area contributed by atoms with Crippen molar-refractivity contribution in [2.75, 3.05) is 18.1 Å². The number of morpholine rings is 1. The number of imide groups is 1. The van der Waals surface area contributed by atoms with Gasteiger partial charge in [-0.3, -0.25) is 9.59 Å². The molecule has 98 valence electrons. The van der Waals surface area contributed by atoms with E-state index >= 15 is 0 Å². The fourth-order valence-electron chi connectivity index (χ4n) is 1.72. The lowest BCUT2D eigenvalue weighted by molar-refractivity contribution is -0.138. The van der Waals surface area contributed by atoms with Gasteiger partial charge in [0.15, 0.2) is 0 Å². The Morgan fingerprint density at radius 1 is 1.26 bits per heavy atom. The molecule has 0 atom stereocenters. The van der Waals surface area contributed by atoms with Gasteiger partial charge in [0.05, 0.1) is 5.69 Å². The van der Waals surface area contributed by atoms with Gasteiger partial charge in [-0.05, 0) is 23.8 Å². The number of hydrogen-bond acceptors (Lipinski definition) is 4. The fourth-order valence-corrected chi connectivity index (χ4v) is 1.72. The van der Waals surface area contributed by atoms with E-state index in [9.17, 15) is 14.4 Å². The highest BCUT2D eigenvalue weighted by atomic mass is 16.5. The lowest BCUT2D eigenvalue weighted by Gasteiger charge is -2.25. The number of ether oxygens (including phenoxy) is 1. The van der Waals surface area contributed by atoms with Gasteiger partial charge in [0.2, 0.25) is 0 Å². The van der Waals surface area contributed by atoms with Crippen LogP contribution in [-0.2, 0) is 19.1 Å². The van der Waals surface area contributed by atoms with E-state index < -0.39 is 17.8 Å². The van der Waals surface area contributed by atoms with Crippen LogP contribution in [0.3, 0.4) is 0 Å². The minimum Gasteiger partial charge on any atom is -0.478 e. The molecule has 1 aliphatic rings. The van der Waals surface area contributed by atoms with Crippen molar-refractivity contribution in [1.29, 1.82) is 0 Å². The number of amides is 2. The van der Waals surface area contributed by atoms with E-state index in [1.165, 1.54) is 6.08 Å². The Kier molecular flexibility index (Phi) is 3.72. The van der Waals surface area contributed by atoms with Gasteiger partial charge in [-0.25, -0.2) is 9.69 Å². The predicted octanol–water partition coefficient (Wildman–Crippen LogP) is 0.674. The third kappa shape index (κ3) is 3.05. The van der Waals surface area contributed by atoms with Gasteiger partial charge in [-0.1, -0.05) is 12.1 Å². The number of nitrogens with zero attached hydrogens (tertiary/aromatic N) is 1. The molecular formula is C13H11NO5. The van der Waals surface area contributed by atoms with Crippen LogP contribution in [0.15, 0.2) is 30.3 Å². The van der Waals surface area contributed by atoms with Gasteiger partial charge in [-0.15, -0.1) is 0 Å². The first-order valence-electron chi connectivity index (χ1n) is 5.52. The zero-order valence-corrected chi connectivity index (χ0v) is 9.91. The van der Waals surface area contributed by atoms with Crippen LogP contribution >= 0.6 is 0 Å². The molecule has 0 unspecified atom stereocenters. The number of rotatable bonds is 3. The minimum absolute atomic E-state index is 0.138. The van der Waals surface area contributed by atoms with Crippen molar-refractivity contribution in [3.8, 4) is 0 Å². The monoisotopic (exact) mass is 261 g/mol. The standard InChI is InChI=1S/C13H11NO5/c15-11-7-19-8-12(16)14(11)10-3-1-2-9(6-10)4-5-13(17)18/h1-6H,7-8H2,(H,17,18). The van der Waals surface area contributed by atoms with E-state index in [1.807, 2.05) is 0 Å². The van der Waals surface area contributed by atoms with E-state index in [2.05, 4.69) is 0 Å². The number of aliphatic carboxylic acids is 1. The van der Waals surface area contributed by atoms with Crippen molar-refractivity contribution < 1.29 is 24.2 Å². The smallest absolute Gasteiger partial charge is 0.328 e. The van der Waals surface area contributed by atoms with Crippen LogP contribution in [0, 0.1) is 0 Å². The largest absolute Gasteiger partial charge is 0.478 e. The molecule has 0 saturated carbocycles. The van der Waals surface area contributed by atoms with Crippen molar-refractivity contribution in [2.45, 2.75) is 0 Å². The van der Waals surface area contributed by atoms with Crippen molar-refractivity contribution in [3.63, 3.8) is 0 Å². The molecule has 1 aromatic carbocycles. The summed E-state index contributed by atoms with van der Waals surface area (Å²) in [5.41, 5.74) is 0.998. The molecule has 0 aliphatic carbocycles. The summed E-state index contributed by atoms with van der Waals surface area (Å²) in [5, 5.41) is 8.55. The molecule has 0 aromatic heterocycles. The van der Waals surface area contributed by atoms with Crippen molar-refractivity contribution in [1.82, 2.24) is 0 Å². The van der Waals surface area contributed by atoms with E-state index in [-0.39, 0.29) is 13.2 Å². The normalized spacial score (nSPS) is 16.1. The Morgan fingerprint density at radius 3 is 2.58 bits per heavy atom. The van der Waals surface area contributed by atoms with Gasteiger partial charge >= 0.3 is 5.97 Å². The Bertz CT molecular complexity index is 548. The quantitative estimate of drug-likeness (QED) is 0.638. The van der Waals surface area contributed by atoms with Crippen LogP contribution in [0.4, 0.5) is 5.69 Å². The van der Waals surface area contributed by atoms with Gasteiger partial charge in [0, 0.05) is 6.08 Å². The summed E-state index contributed by atoms with van der Waals surface area (Å²) < 4.78 is 4.82. The Hall–Kier alpha value is -2.47. The summed E-state index contributed by atoms with van der Waals surface area (Å²) in [6.45, 7) is -0.276. The second-order valence-corrected chi connectivity index (χ2v) is 3.88. The average Bonchev–Trinajstić information content (AvgIpc) is 2.37. The van der Waals surface area contributed by atoms with E-state index in [4.69, 9.17) is 9.84 Å². The third-order valence-corrected chi connectivity index (χ3v) is 2.50. The van der Waals surface area contributed by atoms with E-state index in [0.29, 0.717) is 11.3 Å². The van der Waals surface area contributed by atoms with E-state index in [1.54, 1.807) is 24.3 Å². The molecule has 0 radical (unpaired) electrons. The maximum absolute atomic E-state index is 11.7. The van der Waals surface area contributed by atoms with Crippen LogP contribution in [0.1, 0.15) is 5.56 Å². The zero-order valence-electron chi connectivity index (χ0n) is 9.91. The molecule has 2 amide bonds. The minimum atomic E-state index is -1.07. The first kappa shape index (κ1) is 13.0. The van der Waals surface area contributed by atoms with Crippen molar-refractivity contribution >= 4 is 29.5 Å². The Morgan fingerprint density at radius 2 is 1.95 bits per heavy atom. The van der Waals surface area contributed by atoms with Gasteiger partial charge in [0.25, 0.3) is 11.8 Å². The number of carbonyl (C=O) groups is 3. The number of carboxylic acids is 1. The SMILES string of the molecule is O=C(O)C=Cc1cccc(N2C(=O)COCC2=O)c1. The van der Waals surface area contributed by atoms with Crippen LogP contribution in [0.2, 0.25) is 0 Å². The molecule has 1 saturated heterocycles. The number of hydrogen-bond donors (Lipinski definition) is 1. The predicted molar refractivity (Wildman–Crippen MR) is 66.4 cm³/mol. The number of anilines is 1. The molecule has 1 aliphatic heterocycles. The molecular weight excluding hydrogens is 250 g/mol. The molecule has 1 heterocycles. The van der Waals surface area contributed by atoms with Gasteiger partial charge in [-0.2, -0.15) is 0 Å². The molecule has 19 heavy (non-hydrogen) atoms. The summed E-state index contributed by atoms with van der Waals surface area (Å²) in [6, 6.07) is 6.50. The average molecular weight is 261 g/mol. The zero-order chi connectivity index (χ0) is 13.8. The first-order valence-corrected chi connectivity index (χ1v) is 5.52. The molecule has 6 heteroatoms. The summed E-state index contributed by atoms with van der Waals surface area (Å²) in [7, 11) is 0. The summed E-state index contributed by atoms with van der Waals surface area (Å²) >= 11 is 0. The molecule has 6 nitrogen and oxygen atoms in total. The Balaban J connectivity index is 2.29. The van der Waals surface area contributed by atoms with Gasteiger partial charge in [0.1, 0.15) is 13.2 Å². The van der Waals surface area contributed by atoms with Crippen LogP contribution in [-0.4, -0.2) is 36.1 Å². The summed E-state index contributed by atoms with van der Waals surface area (Å²) in [5.74, 6) is -1.94. The molecule has 0 spiro atoms. The number of carboxylic acid groups (broad SMARTS) is 1. The van der Waals surface area contributed by atoms with E-state index in [0.717, 1.165) is 11.0 Å². The third-order valence-electron chi connectivity index (χ3n) is 2.50. The molecule has 1 fully saturated rings. The molecule has 1 N–H and O–H groups in total. The molecule has 0 bridgehead atoms. The molecule has 2 rings (SSSR count). The number of benzene rings is 1. The lowest BCUT2D eigenvalue weighted by atomic mass is 10.1. The highest BCUT2D eigenvalue weighted by Crippen LogP contribution is 2.19. The van der Waals surface area contributed by atoms with Crippen molar-refractivity contribution in [3.05, 3.63) is 35.9 Å². The maximum Gasteiger partial charge on any atom is 0.328 e. The lowest BCUT2D eigenvalue weighted by Crippen LogP contribution is -2.46. The highest BCUT2D eigenvalue weighted by Gasteiger charge is 2.27. The van der Waals surface area contributed by atoms with Gasteiger partial charge < -0.3 is 9.84 Å². The molecule has 1 aromatic rings. The second-order valence-electron chi connectivity index (χ2n) is 3.88. The van der Waals surface area contributed by atoms with Crippen LogP contribution in [0.25, 0.3) is 6.08 Å². The topological polar surface area (TPSA) is 83.9 Å². The van der Waals surface area contributed by atoms with Crippen LogP contribution < -0.4 is 4.90 Å². The van der Waals surface area contributed by atoms with Crippen LogP contribution in [0.5, 0.6) is 0 Å². The van der Waals surface area contributed by atoms with Crippen molar-refractivity contribution in [2.24, 2.45) is 0 Å².